The van der Waals surface area contributed by atoms with Crippen LogP contribution in [0.4, 0.5) is 0 Å². The molecular formula is C13H22ClNO3. The highest BCUT2D eigenvalue weighted by molar-refractivity contribution is 5.85. The first-order valence-corrected chi connectivity index (χ1v) is 5.66. The normalized spacial score (nSPS) is 13.7. The first kappa shape index (κ1) is 17.0. The number of hydrogen-bond acceptors (Lipinski definition) is 4. The highest BCUT2D eigenvalue weighted by Crippen LogP contribution is 2.31. The summed E-state index contributed by atoms with van der Waals surface area (Å²) in [6.07, 6.45) is -0.600. The van der Waals surface area contributed by atoms with Gasteiger partial charge in [-0.05, 0) is 18.1 Å². The summed E-state index contributed by atoms with van der Waals surface area (Å²) in [5.74, 6) is 1.44. The predicted octanol–water partition coefficient (Wildman–Crippen LogP) is 2.14. The Labute approximate surface area is 115 Å². The zero-order valence-electron chi connectivity index (χ0n) is 11.2. The monoisotopic (exact) mass is 275 g/mol. The summed E-state index contributed by atoms with van der Waals surface area (Å²) in [6.45, 7) is 3.86. The van der Waals surface area contributed by atoms with Gasteiger partial charge in [-0.2, -0.15) is 0 Å². The third-order valence-corrected chi connectivity index (χ3v) is 2.85. The lowest BCUT2D eigenvalue weighted by Gasteiger charge is -2.24. The maximum absolute atomic E-state index is 9.98. The van der Waals surface area contributed by atoms with E-state index in [1.165, 1.54) is 0 Å². The van der Waals surface area contributed by atoms with Crippen LogP contribution in [0.1, 0.15) is 25.5 Å². The number of nitrogens with two attached hydrogens (primary N) is 1. The van der Waals surface area contributed by atoms with E-state index < -0.39 is 12.1 Å². The fourth-order valence-electron chi connectivity index (χ4n) is 1.69. The molecule has 0 aliphatic rings. The second kappa shape index (κ2) is 7.46. The average Bonchev–Trinajstić information content (AvgIpc) is 2.35. The van der Waals surface area contributed by atoms with Crippen molar-refractivity contribution in [2.75, 3.05) is 14.2 Å². The largest absolute Gasteiger partial charge is 0.497 e. The Morgan fingerprint density at radius 1 is 1.17 bits per heavy atom. The molecule has 0 fully saturated rings. The molecule has 0 radical (unpaired) electrons. The zero-order valence-corrected chi connectivity index (χ0v) is 12.0. The van der Waals surface area contributed by atoms with Gasteiger partial charge in [0.1, 0.15) is 11.5 Å². The molecule has 5 heteroatoms. The molecule has 18 heavy (non-hydrogen) atoms. The molecular weight excluding hydrogens is 254 g/mol. The van der Waals surface area contributed by atoms with Crippen LogP contribution in [-0.4, -0.2) is 25.4 Å². The molecule has 0 saturated carbocycles. The average molecular weight is 276 g/mol. The molecule has 2 atom stereocenters. The van der Waals surface area contributed by atoms with E-state index in [1.54, 1.807) is 20.3 Å². The lowest BCUT2D eigenvalue weighted by molar-refractivity contribution is 0.0969. The number of rotatable bonds is 5. The molecule has 0 aromatic heterocycles. The van der Waals surface area contributed by atoms with Crippen LogP contribution in [0.25, 0.3) is 0 Å². The van der Waals surface area contributed by atoms with Crippen LogP contribution in [0, 0.1) is 5.92 Å². The quantitative estimate of drug-likeness (QED) is 0.864. The maximum Gasteiger partial charge on any atom is 0.127 e. The smallest absolute Gasteiger partial charge is 0.127 e. The van der Waals surface area contributed by atoms with E-state index in [2.05, 4.69) is 0 Å². The molecule has 3 N–H and O–H groups in total. The minimum Gasteiger partial charge on any atom is -0.497 e. The summed E-state index contributed by atoms with van der Waals surface area (Å²) >= 11 is 0. The molecule has 104 valence electrons. The molecule has 0 aliphatic carbocycles. The van der Waals surface area contributed by atoms with E-state index in [0.717, 1.165) is 5.56 Å². The number of benzene rings is 1. The number of hydrogen-bond donors (Lipinski definition) is 2. The minimum absolute atomic E-state index is 0. The molecule has 0 amide bonds. The van der Waals surface area contributed by atoms with Gasteiger partial charge in [-0.25, -0.2) is 0 Å². The Morgan fingerprint density at radius 3 is 2.22 bits per heavy atom. The predicted molar refractivity (Wildman–Crippen MR) is 74.6 cm³/mol. The van der Waals surface area contributed by atoms with E-state index in [-0.39, 0.29) is 18.3 Å². The third kappa shape index (κ3) is 3.77. The third-order valence-electron chi connectivity index (χ3n) is 2.85. The van der Waals surface area contributed by atoms with Crippen LogP contribution < -0.4 is 15.2 Å². The summed E-state index contributed by atoms with van der Waals surface area (Å²) in [4.78, 5) is 0. The summed E-state index contributed by atoms with van der Waals surface area (Å²) in [5, 5.41) is 9.98. The lowest BCUT2D eigenvalue weighted by Crippen LogP contribution is -2.30. The summed E-state index contributed by atoms with van der Waals surface area (Å²) in [6, 6.07) is 4.94. The van der Waals surface area contributed by atoms with Crippen LogP contribution >= 0.6 is 12.4 Å². The van der Waals surface area contributed by atoms with Crippen molar-refractivity contribution in [1.29, 1.82) is 0 Å². The van der Waals surface area contributed by atoms with Crippen molar-refractivity contribution in [3.8, 4) is 11.5 Å². The fourth-order valence-corrected chi connectivity index (χ4v) is 1.69. The van der Waals surface area contributed by atoms with Crippen molar-refractivity contribution < 1.29 is 14.6 Å². The van der Waals surface area contributed by atoms with Gasteiger partial charge >= 0.3 is 0 Å². The van der Waals surface area contributed by atoms with Gasteiger partial charge in [0.2, 0.25) is 0 Å². The first-order valence-electron chi connectivity index (χ1n) is 5.66. The van der Waals surface area contributed by atoms with Crippen LogP contribution in [0.2, 0.25) is 0 Å². The van der Waals surface area contributed by atoms with Gasteiger partial charge in [0, 0.05) is 11.6 Å². The van der Waals surface area contributed by atoms with Crippen LogP contribution in [0.15, 0.2) is 18.2 Å². The fraction of sp³-hybridized carbons (Fsp3) is 0.538. The SMILES string of the molecule is COc1ccc([C@H](N)[C@H](O)C(C)C)c(OC)c1.Cl. The zero-order chi connectivity index (χ0) is 13.0. The molecule has 0 unspecified atom stereocenters. The maximum atomic E-state index is 9.98. The summed E-state index contributed by atoms with van der Waals surface area (Å²) in [5.41, 5.74) is 6.82. The van der Waals surface area contributed by atoms with Gasteiger partial charge in [-0.3, -0.25) is 0 Å². The highest BCUT2D eigenvalue weighted by atomic mass is 35.5. The molecule has 0 aliphatic heterocycles. The number of halogens is 1. The Morgan fingerprint density at radius 2 is 1.78 bits per heavy atom. The van der Waals surface area contributed by atoms with Gasteiger partial charge in [-0.1, -0.05) is 13.8 Å². The summed E-state index contributed by atoms with van der Waals surface area (Å²) < 4.78 is 10.4. The minimum atomic E-state index is -0.600. The van der Waals surface area contributed by atoms with E-state index in [1.807, 2.05) is 26.0 Å². The second-order valence-electron chi connectivity index (χ2n) is 4.37. The summed E-state index contributed by atoms with van der Waals surface area (Å²) in [7, 11) is 3.17. The van der Waals surface area contributed by atoms with Gasteiger partial charge in [0.25, 0.3) is 0 Å². The van der Waals surface area contributed by atoms with Crippen molar-refractivity contribution in [3.05, 3.63) is 23.8 Å². The number of ether oxygens (including phenoxy) is 2. The van der Waals surface area contributed by atoms with Gasteiger partial charge < -0.3 is 20.3 Å². The standard InChI is InChI=1S/C13H21NO3.ClH/c1-8(2)13(15)12(14)10-6-5-9(16-3)7-11(10)17-4;/h5-8,12-13,15H,14H2,1-4H3;1H/t12-,13+;/m0./s1. The molecule has 1 aromatic carbocycles. The molecule has 0 saturated heterocycles. The van der Waals surface area contributed by atoms with Crippen LogP contribution in [0.5, 0.6) is 11.5 Å². The van der Waals surface area contributed by atoms with E-state index in [0.29, 0.717) is 11.5 Å². The highest BCUT2D eigenvalue weighted by Gasteiger charge is 2.23. The number of methoxy groups -OCH3 is 2. The van der Waals surface area contributed by atoms with Crippen LogP contribution in [0.3, 0.4) is 0 Å². The van der Waals surface area contributed by atoms with Crippen molar-refractivity contribution in [1.82, 2.24) is 0 Å². The van der Waals surface area contributed by atoms with Crippen molar-refractivity contribution in [2.45, 2.75) is 26.0 Å². The van der Waals surface area contributed by atoms with Gasteiger partial charge in [-0.15, -0.1) is 12.4 Å². The van der Waals surface area contributed by atoms with Crippen molar-refractivity contribution in [2.24, 2.45) is 11.7 Å². The van der Waals surface area contributed by atoms with Crippen molar-refractivity contribution in [3.63, 3.8) is 0 Å². The van der Waals surface area contributed by atoms with Crippen LogP contribution in [-0.2, 0) is 0 Å². The molecule has 0 spiro atoms. The van der Waals surface area contributed by atoms with Crippen molar-refractivity contribution >= 4 is 12.4 Å². The Hall–Kier alpha value is -0.970. The van der Waals surface area contributed by atoms with E-state index in [9.17, 15) is 5.11 Å². The molecule has 1 aromatic rings. The number of aliphatic hydroxyl groups is 1. The first-order chi connectivity index (χ1) is 8.01. The molecule has 4 nitrogen and oxygen atoms in total. The molecule has 0 bridgehead atoms. The molecule has 1 rings (SSSR count). The van der Waals surface area contributed by atoms with Gasteiger partial charge in [0.15, 0.2) is 0 Å². The molecule has 0 heterocycles. The van der Waals surface area contributed by atoms with E-state index in [4.69, 9.17) is 15.2 Å². The number of aliphatic hydroxyl groups excluding tert-OH is 1. The Balaban J connectivity index is 0.00000289. The van der Waals surface area contributed by atoms with E-state index >= 15 is 0 Å². The topological polar surface area (TPSA) is 64.7 Å². The van der Waals surface area contributed by atoms with Gasteiger partial charge in [0.05, 0.1) is 26.4 Å². The Bertz CT molecular complexity index is 371. The Kier molecular flexibility index (Phi) is 7.06. The second-order valence-corrected chi connectivity index (χ2v) is 4.37. The lowest BCUT2D eigenvalue weighted by atomic mass is 9.94.